The van der Waals surface area contributed by atoms with Crippen molar-refractivity contribution in [1.29, 1.82) is 0 Å². The van der Waals surface area contributed by atoms with E-state index in [0.717, 1.165) is 11.3 Å². The lowest BCUT2D eigenvalue weighted by Gasteiger charge is -2.05. The quantitative estimate of drug-likeness (QED) is 0.732. The highest BCUT2D eigenvalue weighted by Crippen LogP contribution is 2.23. The molecule has 2 heterocycles. The van der Waals surface area contributed by atoms with Crippen LogP contribution in [0.4, 0.5) is 0 Å². The Balaban J connectivity index is 2.07. The topological polar surface area (TPSA) is 57.3 Å². The summed E-state index contributed by atoms with van der Waals surface area (Å²) >= 11 is 0. The van der Waals surface area contributed by atoms with E-state index in [9.17, 15) is 4.79 Å². The first-order valence-corrected chi connectivity index (χ1v) is 6.04. The second-order valence-electron chi connectivity index (χ2n) is 4.20. The van der Waals surface area contributed by atoms with Crippen LogP contribution in [-0.2, 0) is 0 Å². The minimum Gasteiger partial charge on any atom is -0.497 e. The Labute approximate surface area is 115 Å². The molecule has 0 unspecified atom stereocenters. The predicted molar refractivity (Wildman–Crippen MR) is 74.1 cm³/mol. The number of methoxy groups -OCH3 is 1. The first-order chi connectivity index (χ1) is 9.76. The van der Waals surface area contributed by atoms with E-state index in [1.165, 1.54) is 6.07 Å². The van der Waals surface area contributed by atoms with Gasteiger partial charge in [-0.1, -0.05) is 0 Å². The molecule has 2 aromatic heterocycles. The van der Waals surface area contributed by atoms with Crippen molar-refractivity contribution in [3.05, 3.63) is 65.5 Å². The van der Waals surface area contributed by atoms with E-state index >= 15 is 0 Å². The maximum Gasteiger partial charge on any atom is 0.338 e. The van der Waals surface area contributed by atoms with Crippen LogP contribution in [0.5, 0.6) is 5.75 Å². The van der Waals surface area contributed by atoms with Crippen molar-refractivity contribution in [3.63, 3.8) is 0 Å². The lowest BCUT2D eigenvalue weighted by molar-refractivity contribution is 0.415. The number of imidazole rings is 1. The number of rotatable bonds is 3. The van der Waals surface area contributed by atoms with Gasteiger partial charge in [-0.25, -0.2) is 9.78 Å². The molecule has 0 aliphatic heterocycles. The van der Waals surface area contributed by atoms with E-state index in [1.54, 1.807) is 36.5 Å². The van der Waals surface area contributed by atoms with E-state index in [-0.39, 0.29) is 0 Å². The molecule has 0 fully saturated rings. The third-order valence-electron chi connectivity index (χ3n) is 2.93. The van der Waals surface area contributed by atoms with E-state index in [4.69, 9.17) is 9.15 Å². The third kappa shape index (κ3) is 2.33. The number of benzene rings is 1. The van der Waals surface area contributed by atoms with Crippen molar-refractivity contribution in [1.82, 2.24) is 9.55 Å². The summed E-state index contributed by atoms with van der Waals surface area (Å²) in [7, 11) is 1.61. The highest BCUT2D eigenvalue weighted by atomic mass is 16.5. The Morgan fingerprint density at radius 3 is 2.65 bits per heavy atom. The predicted octanol–water partition coefficient (Wildman–Crippen LogP) is 2.50. The lowest BCUT2D eigenvalue weighted by Crippen LogP contribution is -2.02. The number of nitrogens with zero attached hydrogens (tertiary/aromatic N) is 2. The molecule has 0 aliphatic rings. The van der Waals surface area contributed by atoms with Crippen LogP contribution in [0.2, 0.25) is 0 Å². The molecule has 0 aliphatic carbocycles. The lowest BCUT2D eigenvalue weighted by atomic mass is 10.1. The summed E-state index contributed by atoms with van der Waals surface area (Å²) in [5, 5.41) is 0. The zero-order valence-electron chi connectivity index (χ0n) is 10.8. The van der Waals surface area contributed by atoms with Crippen molar-refractivity contribution >= 4 is 0 Å². The number of ether oxygens (including phenoxy) is 1. The van der Waals surface area contributed by atoms with Gasteiger partial charge in [0.05, 0.1) is 19.1 Å². The van der Waals surface area contributed by atoms with Crippen molar-refractivity contribution < 1.29 is 9.15 Å². The Morgan fingerprint density at radius 1 is 1.20 bits per heavy atom. The molecule has 0 saturated carbocycles. The van der Waals surface area contributed by atoms with Gasteiger partial charge in [0.25, 0.3) is 0 Å². The Hall–Kier alpha value is -2.82. The standard InChI is InChI=1S/C15H12N2O3/c1-19-13-4-2-11(3-5-13)14-8-12(9-15(18)20-14)17-7-6-16-10-17/h2-10H,1H3. The molecule has 0 N–H and O–H groups in total. The zero-order valence-corrected chi connectivity index (χ0v) is 10.8. The summed E-state index contributed by atoms with van der Waals surface area (Å²) in [5.74, 6) is 1.26. The van der Waals surface area contributed by atoms with Gasteiger partial charge in [-0.05, 0) is 24.3 Å². The number of aromatic nitrogens is 2. The van der Waals surface area contributed by atoms with Gasteiger partial charge in [-0.3, -0.25) is 0 Å². The zero-order chi connectivity index (χ0) is 13.9. The molecular weight excluding hydrogens is 256 g/mol. The summed E-state index contributed by atoms with van der Waals surface area (Å²) in [6.07, 6.45) is 5.06. The van der Waals surface area contributed by atoms with Gasteiger partial charge in [0.1, 0.15) is 11.5 Å². The molecule has 0 saturated heterocycles. The Bertz CT molecular complexity index is 759. The van der Waals surface area contributed by atoms with Crippen molar-refractivity contribution in [2.24, 2.45) is 0 Å². The van der Waals surface area contributed by atoms with Crippen LogP contribution in [0, 0.1) is 0 Å². The molecule has 0 bridgehead atoms. The fourth-order valence-corrected chi connectivity index (χ4v) is 1.92. The largest absolute Gasteiger partial charge is 0.497 e. The normalized spacial score (nSPS) is 10.4. The van der Waals surface area contributed by atoms with E-state index in [1.807, 2.05) is 24.3 Å². The van der Waals surface area contributed by atoms with Crippen LogP contribution in [0.25, 0.3) is 17.0 Å². The monoisotopic (exact) mass is 268 g/mol. The molecule has 20 heavy (non-hydrogen) atoms. The summed E-state index contributed by atoms with van der Waals surface area (Å²) in [4.78, 5) is 15.6. The smallest absolute Gasteiger partial charge is 0.338 e. The first-order valence-electron chi connectivity index (χ1n) is 6.04. The molecule has 3 rings (SSSR count). The van der Waals surface area contributed by atoms with Crippen molar-refractivity contribution in [3.8, 4) is 22.8 Å². The number of hydrogen-bond acceptors (Lipinski definition) is 4. The highest BCUT2D eigenvalue weighted by molar-refractivity contribution is 5.60. The van der Waals surface area contributed by atoms with Crippen LogP contribution in [0.1, 0.15) is 0 Å². The summed E-state index contributed by atoms with van der Waals surface area (Å²) in [5.41, 5.74) is 1.12. The molecule has 5 heteroatoms. The minimum atomic E-state index is -0.401. The van der Waals surface area contributed by atoms with Gasteiger partial charge in [-0.15, -0.1) is 0 Å². The highest BCUT2D eigenvalue weighted by Gasteiger charge is 2.06. The van der Waals surface area contributed by atoms with Crippen molar-refractivity contribution in [2.75, 3.05) is 7.11 Å². The maximum atomic E-state index is 11.7. The fraction of sp³-hybridized carbons (Fsp3) is 0.0667. The SMILES string of the molecule is COc1ccc(-c2cc(-n3ccnc3)cc(=O)o2)cc1. The molecule has 100 valence electrons. The third-order valence-corrected chi connectivity index (χ3v) is 2.93. The van der Waals surface area contributed by atoms with E-state index in [0.29, 0.717) is 11.4 Å². The van der Waals surface area contributed by atoms with Gasteiger partial charge < -0.3 is 13.7 Å². The van der Waals surface area contributed by atoms with Gasteiger partial charge in [0, 0.05) is 30.1 Å². The average Bonchev–Trinajstić information content (AvgIpc) is 3.01. The molecule has 1 aromatic carbocycles. The van der Waals surface area contributed by atoms with Crippen LogP contribution in [0.3, 0.4) is 0 Å². The van der Waals surface area contributed by atoms with Crippen LogP contribution in [-0.4, -0.2) is 16.7 Å². The summed E-state index contributed by atoms with van der Waals surface area (Å²) in [6.45, 7) is 0. The minimum absolute atomic E-state index is 0.401. The maximum absolute atomic E-state index is 11.7. The molecule has 0 amide bonds. The first kappa shape index (κ1) is 12.2. The Morgan fingerprint density at radius 2 is 2.00 bits per heavy atom. The average molecular weight is 268 g/mol. The van der Waals surface area contributed by atoms with Crippen molar-refractivity contribution in [2.45, 2.75) is 0 Å². The molecular formula is C15H12N2O3. The summed E-state index contributed by atoms with van der Waals surface area (Å²) in [6, 6.07) is 10.5. The molecule has 3 aromatic rings. The second kappa shape index (κ2) is 5.05. The molecule has 5 nitrogen and oxygen atoms in total. The van der Waals surface area contributed by atoms with E-state index in [2.05, 4.69) is 4.98 Å². The second-order valence-corrected chi connectivity index (χ2v) is 4.20. The molecule has 0 radical (unpaired) electrons. The summed E-state index contributed by atoms with van der Waals surface area (Å²) < 4.78 is 12.1. The van der Waals surface area contributed by atoms with Gasteiger partial charge in [0.15, 0.2) is 0 Å². The van der Waals surface area contributed by atoms with Gasteiger partial charge in [0.2, 0.25) is 0 Å². The van der Waals surface area contributed by atoms with E-state index < -0.39 is 5.63 Å². The van der Waals surface area contributed by atoms with Gasteiger partial charge >= 0.3 is 5.63 Å². The van der Waals surface area contributed by atoms with Gasteiger partial charge in [-0.2, -0.15) is 0 Å². The van der Waals surface area contributed by atoms with Crippen LogP contribution < -0.4 is 10.4 Å². The Kier molecular flexibility index (Phi) is 3.09. The van der Waals surface area contributed by atoms with Crippen LogP contribution >= 0.6 is 0 Å². The van der Waals surface area contributed by atoms with Crippen LogP contribution in [0.15, 0.2) is 64.3 Å². The molecule has 0 atom stereocenters. The number of hydrogen-bond donors (Lipinski definition) is 0. The molecule has 0 spiro atoms. The fourth-order valence-electron chi connectivity index (χ4n) is 1.92.